The summed E-state index contributed by atoms with van der Waals surface area (Å²) in [6.07, 6.45) is 5.18. The molecule has 1 fully saturated rings. The molecule has 0 spiro atoms. The summed E-state index contributed by atoms with van der Waals surface area (Å²) in [4.78, 5) is 11.2. The van der Waals surface area contributed by atoms with E-state index >= 15 is 0 Å². The molecule has 1 aliphatic rings. The van der Waals surface area contributed by atoms with Crippen molar-refractivity contribution in [2.24, 2.45) is 5.92 Å². The predicted molar refractivity (Wildman–Crippen MR) is 83.8 cm³/mol. The van der Waals surface area contributed by atoms with Gasteiger partial charge in [-0.05, 0) is 44.8 Å². The lowest BCUT2D eigenvalue weighted by Crippen LogP contribution is -2.34. The van der Waals surface area contributed by atoms with E-state index in [1.54, 1.807) is 11.8 Å². The lowest BCUT2D eigenvalue weighted by molar-refractivity contribution is 0.191. The van der Waals surface area contributed by atoms with Crippen LogP contribution in [0.15, 0.2) is 17.9 Å². The summed E-state index contributed by atoms with van der Waals surface area (Å²) in [6, 6.07) is 2.02. The van der Waals surface area contributed by atoms with Gasteiger partial charge in [0.2, 0.25) is 5.13 Å². The van der Waals surface area contributed by atoms with Gasteiger partial charge in [-0.25, -0.2) is 9.97 Å². The Hall–Kier alpha value is -1.60. The van der Waals surface area contributed by atoms with Gasteiger partial charge < -0.3 is 10.2 Å². The second-order valence-corrected chi connectivity index (χ2v) is 6.18. The molecule has 0 bridgehead atoms. The van der Waals surface area contributed by atoms with E-state index < -0.39 is 0 Å². The van der Waals surface area contributed by atoms with Crippen LogP contribution in [0.25, 0.3) is 0 Å². The monoisotopic (exact) mass is 304 g/mol. The third kappa shape index (κ3) is 3.95. The molecule has 0 radical (unpaired) electrons. The van der Waals surface area contributed by atoms with Crippen LogP contribution in [0.2, 0.25) is 0 Å². The van der Waals surface area contributed by atoms with Crippen LogP contribution in [0.3, 0.4) is 0 Å². The molecule has 6 nitrogen and oxygen atoms in total. The third-order valence-corrected chi connectivity index (χ3v) is 4.58. The van der Waals surface area contributed by atoms with E-state index in [1.165, 1.54) is 37.3 Å². The fraction of sp³-hybridized carbons (Fsp3) is 0.571. The minimum absolute atomic E-state index is 0.733. The van der Waals surface area contributed by atoms with Crippen molar-refractivity contribution in [3.8, 4) is 0 Å². The van der Waals surface area contributed by atoms with Crippen molar-refractivity contribution in [2.75, 3.05) is 25.0 Å². The van der Waals surface area contributed by atoms with E-state index in [2.05, 4.69) is 37.3 Å². The van der Waals surface area contributed by atoms with Crippen molar-refractivity contribution >= 4 is 22.3 Å². The minimum Gasteiger partial charge on any atom is -0.315 e. The largest absolute Gasteiger partial charge is 0.315 e. The fourth-order valence-corrected chi connectivity index (χ4v) is 3.17. The van der Waals surface area contributed by atoms with Crippen LogP contribution in [0.5, 0.6) is 0 Å². The van der Waals surface area contributed by atoms with Crippen molar-refractivity contribution in [3.05, 3.63) is 23.6 Å². The van der Waals surface area contributed by atoms with E-state index in [0.29, 0.717) is 0 Å². The maximum Gasteiger partial charge on any atom is 0.210 e. The van der Waals surface area contributed by atoms with Gasteiger partial charge in [-0.15, -0.1) is 10.2 Å². The van der Waals surface area contributed by atoms with Gasteiger partial charge in [-0.3, -0.25) is 0 Å². The van der Waals surface area contributed by atoms with Crippen molar-refractivity contribution < 1.29 is 0 Å². The lowest BCUT2D eigenvalue weighted by atomic mass is 9.92. The van der Waals surface area contributed by atoms with Crippen LogP contribution in [0.1, 0.15) is 25.5 Å². The molecule has 1 N–H and O–H groups in total. The van der Waals surface area contributed by atoms with E-state index in [0.717, 1.165) is 35.5 Å². The first-order chi connectivity index (χ1) is 10.3. The molecule has 21 heavy (non-hydrogen) atoms. The number of hydrogen-bond donors (Lipinski definition) is 1. The smallest absolute Gasteiger partial charge is 0.210 e. The van der Waals surface area contributed by atoms with Gasteiger partial charge in [-0.2, -0.15) is 0 Å². The second kappa shape index (κ2) is 6.91. The topological polar surface area (TPSA) is 66.8 Å². The number of aromatic nitrogens is 4. The Morgan fingerprint density at radius 1 is 1.33 bits per heavy atom. The molecule has 0 aromatic carbocycles. The molecular weight excluding hydrogens is 284 g/mol. The average molecular weight is 304 g/mol. The van der Waals surface area contributed by atoms with E-state index in [-0.39, 0.29) is 0 Å². The van der Waals surface area contributed by atoms with Crippen LogP contribution in [0, 0.1) is 5.92 Å². The summed E-state index contributed by atoms with van der Waals surface area (Å²) < 4.78 is 0. The molecule has 1 saturated heterocycles. The van der Waals surface area contributed by atoms with Crippen molar-refractivity contribution in [1.29, 1.82) is 0 Å². The molecule has 2 aromatic heterocycles. The molecule has 0 atom stereocenters. The first-order valence-electron chi connectivity index (χ1n) is 7.40. The third-order valence-electron chi connectivity index (χ3n) is 3.97. The van der Waals surface area contributed by atoms with Gasteiger partial charge in [0.15, 0.2) is 0 Å². The number of likely N-dealkylation sites (tertiary alicyclic amines) is 1. The van der Waals surface area contributed by atoms with Crippen molar-refractivity contribution in [3.63, 3.8) is 0 Å². The summed E-state index contributed by atoms with van der Waals surface area (Å²) in [5.41, 5.74) is 2.80. The summed E-state index contributed by atoms with van der Waals surface area (Å²) in [6.45, 7) is 5.82. The van der Waals surface area contributed by atoms with Gasteiger partial charge >= 0.3 is 0 Å². The average Bonchev–Trinajstić information content (AvgIpc) is 3.01. The molecule has 3 heterocycles. The zero-order valence-electron chi connectivity index (χ0n) is 12.2. The molecule has 112 valence electrons. The molecule has 0 saturated carbocycles. The van der Waals surface area contributed by atoms with Gasteiger partial charge in [0.1, 0.15) is 17.7 Å². The molecule has 0 unspecified atom stereocenters. The summed E-state index contributed by atoms with van der Waals surface area (Å²) >= 11 is 1.46. The van der Waals surface area contributed by atoms with Gasteiger partial charge in [-0.1, -0.05) is 18.3 Å². The molecular formula is C14H20N6S. The van der Waals surface area contributed by atoms with Crippen LogP contribution in [-0.2, 0) is 6.42 Å². The minimum atomic E-state index is 0.733. The van der Waals surface area contributed by atoms with E-state index in [9.17, 15) is 0 Å². The Balaban J connectivity index is 1.58. The SMILES string of the molecule is CCN1CCC(Cc2cc(Nc3nncs3)ncn2)CC1. The standard InChI is InChI=1S/C14H20N6S/c1-2-20-5-3-11(4-6-20)7-12-8-13(16-9-15-12)18-14-19-17-10-21-14/h8-11H,2-7H2,1H3,(H,15,16,18,19). The van der Waals surface area contributed by atoms with Crippen LogP contribution < -0.4 is 5.32 Å². The Morgan fingerprint density at radius 2 is 2.19 bits per heavy atom. The number of hydrogen-bond acceptors (Lipinski definition) is 7. The molecule has 7 heteroatoms. The van der Waals surface area contributed by atoms with Crippen molar-refractivity contribution in [1.82, 2.24) is 25.1 Å². The highest BCUT2D eigenvalue weighted by atomic mass is 32.1. The Labute approximate surface area is 128 Å². The van der Waals surface area contributed by atoms with Crippen LogP contribution in [0.4, 0.5) is 10.9 Å². The number of nitrogens with zero attached hydrogens (tertiary/aromatic N) is 5. The highest BCUT2D eigenvalue weighted by molar-refractivity contribution is 7.13. The summed E-state index contributed by atoms with van der Waals surface area (Å²) in [7, 11) is 0. The molecule has 2 aromatic rings. The molecule has 0 amide bonds. The first kappa shape index (κ1) is 14.3. The van der Waals surface area contributed by atoms with Crippen molar-refractivity contribution in [2.45, 2.75) is 26.2 Å². The number of piperidine rings is 1. The maximum atomic E-state index is 4.40. The summed E-state index contributed by atoms with van der Waals surface area (Å²) in [5, 5.41) is 11.7. The normalized spacial score (nSPS) is 17.0. The number of anilines is 2. The van der Waals surface area contributed by atoms with Crippen LogP contribution in [-0.4, -0.2) is 44.7 Å². The Kier molecular flexibility index (Phi) is 4.72. The second-order valence-electron chi connectivity index (χ2n) is 5.35. The molecule has 3 rings (SSSR count). The van der Waals surface area contributed by atoms with Gasteiger partial charge in [0.25, 0.3) is 0 Å². The van der Waals surface area contributed by atoms with Gasteiger partial charge in [0, 0.05) is 11.8 Å². The highest BCUT2D eigenvalue weighted by Gasteiger charge is 2.19. The van der Waals surface area contributed by atoms with E-state index in [1.807, 2.05) is 6.07 Å². The van der Waals surface area contributed by atoms with Crippen LogP contribution >= 0.6 is 11.3 Å². The Morgan fingerprint density at radius 3 is 2.90 bits per heavy atom. The Bertz CT molecular complexity index is 550. The first-order valence-corrected chi connectivity index (χ1v) is 8.28. The zero-order valence-corrected chi connectivity index (χ0v) is 13.0. The lowest BCUT2D eigenvalue weighted by Gasteiger charge is -2.30. The zero-order chi connectivity index (χ0) is 14.5. The van der Waals surface area contributed by atoms with Gasteiger partial charge in [0.05, 0.1) is 0 Å². The maximum absolute atomic E-state index is 4.40. The predicted octanol–water partition coefficient (Wildman–Crippen LogP) is 2.35. The number of nitrogens with one attached hydrogen (secondary N) is 1. The summed E-state index contributed by atoms with van der Waals surface area (Å²) in [5.74, 6) is 1.53. The quantitative estimate of drug-likeness (QED) is 0.914. The number of rotatable bonds is 5. The fourth-order valence-electron chi connectivity index (χ4n) is 2.72. The molecule has 1 aliphatic heterocycles. The van der Waals surface area contributed by atoms with E-state index in [4.69, 9.17) is 0 Å². The highest BCUT2D eigenvalue weighted by Crippen LogP contribution is 2.22. The molecule has 0 aliphatic carbocycles.